The average molecular weight is 286 g/mol. The standard InChI is InChI=1S/C14H17F3N2O/c1-9-2-3-12(18)11(8-9)13(20)19-6-4-10(5-7-19)14(15,16)17/h2-3,8,10H,4-7,18H2,1H3. The highest BCUT2D eigenvalue weighted by Gasteiger charge is 2.41. The molecule has 1 aromatic carbocycles. The number of nitrogens with zero attached hydrogens (tertiary/aromatic N) is 1. The van der Waals surface area contributed by atoms with Gasteiger partial charge in [0.25, 0.3) is 5.91 Å². The number of hydrogen-bond acceptors (Lipinski definition) is 2. The summed E-state index contributed by atoms with van der Waals surface area (Å²) in [5.74, 6) is -1.59. The van der Waals surface area contributed by atoms with Crippen molar-refractivity contribution in [1.82, 2.24) is 4.90 Å². The van der Waals surface area contributed by atoms with Gasteiger partial charge >= 0.3 is 6.18 Å². The molecule has 1 saturated heterocycles. The van der Waals surface area contributed by atoms with Crippen LogP contribution in [0.1, 0.15) is 28.8 Å². The van der Waals surface area contributed by atoms with Gasteiger partial charge in [-0.1, -0.05) is 11.6 Å². The number of nitrogen functional groups attached to an aromatic ring is 1. The van der Waals surface area contributed by atoms with Crippen molar-refractivity contribution in [1.29, 1.82) is 0 Å². The molecule has 0 aliphatic carbocycles. The van der Waals surface area contributed by atoms with Crippen molar-refractivity contribution in [3.8, 4) is 0 Å². The first-order chi connectivity index (χ1) is 9.29. The number of halogens is 3. The van der Waals surface area contributed by atoms with E-state index in [1.807, 2.05) is 6.92 Å². The Labute approximate surface area is 115 Å². The molecule has 1 amide bonds. The monoisotopic (exact) mass is 286 g/mol. The highest BCUT2D eigenvalue weighted by molar-refractivity contribution is 5.99. The van der Waals surface area contributed by atoms with Gasteiger partial charge in [0.1, 0.15) is 0 Å². The lowest BCUT2D eigenvalue weighted by Gasteiger charge is -2.33. The van der Waals surface area contributed by atoms with Crippen LogP contribution in [-0.4, -0.2) is 30.1 Å². The Morgan fingerprint density at radius 3 is 2.45 bits per heavy atom. The van der Waals surface area contributed by atoms with Crippen LogP contribution in [0.4, 0.5) is 18.9 Å². The summed E-state index contributed by atoms with van der Waals surface area (Å²) in [7, 11) is 0. The first-order valence-electron chi connectivity index (χ1n) is 6.51. The Morgan fingerprint density at radius 2 is 1.90 bits per heavy atom. The van der Waals surface area contributed by atoms with Gasteiger partial charge in [0.05, 0.1) is 11.5 Å². The summed E-state index contributed by atoms with van der Waals surface area (Å²) in [5, 5.41) is 0. The van der Waals surface area contributed by atoms with Crippen LogP contribution in [0.15, 0.2) is 18.2 Å². The van der Waals surface area contributed by atoms with E-state index in [4.69, 9.17) is 5.73 Å². The molecule has 1 heterocycles. The molecule has 0 radical (unpaired) electrons. The van der Waals surface area contributed by atoms with Crippen molar-refractivity contribution in [3.05, 3.63) is 29.3 Å². The lowest BCUT2D eigenvalue weighted by Crippen LogP contribution is -2.42. The van der Waals surface area contributed by atoms with Gasteiger partial charge in [0.15, 0.2) is 0 Å². The minimum absolute atomic E-state index is 0.0407. The molecule has 0 saturated carbocycles. The second-order valence-corrected chi connectivity index (χ2v) is 5.20. The number of hydrogen-bond donors (Lipinski definition) is 1. The van der Waals surface area contributed by atoms with E-state index in [0.29, 0.717) is 11.3 Å². The van der Waals surface area contributed by atoms with E-state index < -0.39 is 12.1 Å². The molecule has 0 unspecified atom stereocenters. The molecule has 0 aromatic heterocycles. The largest absolute Gasteiger partial charge is 0.398 e. The van der Waals surface area contributed by atoms with Gasteiger partial charge in [-0.15, -0.1) is 0 Å². The van der Waals surface area contributed by atoms with Gasteiger partial charge in [-0.25, -0.2) is 0 Å². The fraction of sp³-hybridized carbons (Fsp3) is 0.500. The van der Waals surface area contributed by atoms with Crippen molar-refractivity contribution >= 4 is 11.6 Å². The van der Waals surface area contributed by atoms with Crippen molar-refractivity contribution < 1.29 is 18.0 Å². The fourth-order valence-electron chi connectivity index (χ4n) is 2.44. The molecule has 0 bridgehead atoms. The van der Waals surface area contributed by atoms with Crippen LogP contribution in [-0.2, 0) is 0 Å². The number of piperidine rings is 1. The Balaban J connectivity index is 2.07. The van der Waals surface area contributed by atoms with E-state index in [9.17, 15) is 18.0 Å². The predicted molar refractivity (Wildman–Crippen MR) is 70.3 cm³/mol. The smallest absolute Gasteiger partial charge is 0.391 e. The van der Waals surface area contributed by atoms with E-state index in [2.05, 4.69) is 0 Å². The minimum atomic E-state index is -4.17. The van der Waals surface area contributed by atoms with E-state index in [1.54, 1.807) is 18.2 Å². The maximum absolute atomic E-state index is 12.6. The topological polar surface area (TPSA) is 46.3 Å². The van der Waals surface area contributed by atoms with E-state index in [1.165, 1.54) is 4.90 Å². The molecule has 20 heavy (non-hydrogen) atoms. The molecule has 110 valence electrons. The van der Waals surface area contributed by atoms with Crippen LogP contribution in [0.5, 0.6) is 0 Å². The number of amides is 1. The third-order valence-electron chi connectivity index (χ3n) is 3.68. The number of likely N-dealkylation sites (tertiary alicyclic amines) is 1. The van der Waals surface area contributed by atoms with Crippen LogP contribution in [0.2, 0.25) is 0 Å². The molecule has 6 heteroatoms. The van der Waals surface area contributed by atoms with E-state index in [0.717, 1.165) is 5.56 Å². The molecular weight excluding hydrogens is 269 g/mol. The number of benzene rings is 1. The van der Waals surface area contributed by atoms with Gasteiger partial charge < -0.3 is 10.6 Å². The molecule has 0 atom stereocenters. The first kappa shape index (κ1) is 14.7. The summed E-state index contributed by atoms with van der Waals surface area (Å²) in [6.07, 6.45) is -4.25. The Kier molecular flexibility index (Phi) is 3.92. The number of carbonyl (C=O) groups is 1. The molecule has 1 aliphatic heterocycles. The van der Waals surface area contributed by atoms with Crippen LogP contribution < -0.4 is 5.73 Å². The fourth-order valence-corrected chi connectivity index (χ4v) is 2.44. The van der Waals surface area contributed by atoms with Crippen LogP contribution in [0, 0.1) is 12.8 Å². The number of aryl methyl sites for hydroxylation is 1. The van der Waals surface area contributed by atoms with Gasteiger partial charge in [0, 0.05) is 18.8 Å². The second kappa shape index (κ2) is 5.34. The van der Waals surface area contributed by atoms with Crippen molar-refractivity contribution in [2.45, 2.75) is 25.9 Å². The van der Waals surface area contributed by atoms with Crippen molar-refractivity contribution in [2.75, 3.05) is 18.8 Å². The van der Waals surface area contributed by atoms with E-state index in [-0.39, 0.29) is 31.8 Å². The number of rotatable bonds is 1. The number of nitrogens with two attached hydrogens (primary N) is 1. The minimum Gasteiger partial charge on any atom is -0.398 e. The van der Waals surface area contributed by atoms with Crippen LogP contribution >= 0.6 is 0 Å². The molecular formula is C14H17F3N2O. The number of anilines is 1. The van der Waals surface area contributed by atoms with Gasteiger partial charge in [0.2, 0.25) is 0 Å². The van der Waals surface area contributed by atoms with Gasteiger partial charge in [-0.3, -0.25) is 4.79 Å². The number of alkyl halides is 3. The van der Waals surface area contributed by atoms with Gasteiger partial charge in [-0.2, -0.15) is 13.2 Å². The van der Waals surface area contributed by atoms with Crippen molar-refractivity contribution in [2.24, 2.45) is 5.92 Å². The molecule has 2 N–H and O–H groups in total. The molecule has 1 aromatic rings. The van der Waals surface area contributed by atoms with Crippen molar-refractivity contribution in [3.63, 3.8) is 0 Å². The maximum atomic E-state index is 12.6. The summed E-state index contributed by atoms with van der Waals surface area (Å²) < 4.78 is 37.8. The number of carbonyl (C=O) groups excluding carboxylic acids is 1. The Bertz CT molecular complexity index is 506. The quantitative estimate of drug-likeness (QED) is 0.807. The van der Waals surface area contributed by atoms with E-state index >= 15 is 0 Å². The lowest BCUT2D eigenvalue weighted by atomic mass is 9.95. The summed E-state index contributed by atoms with van der Waals surface area (Å²) in [5.41, 5.74) is 7.39. The third-order valence-corrected chi connectivity index (χ3v) is 3.68. The zero-order valence-corrected chi connectivity index (χ0v) is 11.2. The molecule has 3 nitrogen and oxygen atoms in total. The van der Waals surface area contributed by atoms with Crippen LogP contribution in [0.3, 0.4) is 0 Å². The molecule has 2 rings (SSSR count). The highest BCUT2D eigenvalue weighted by atomic mass is 19.4. The summed E-state index contributed by atoms with van der Waals surface area (Å²) in [6, 6.07) is 5.11. The second-order valence-electron chi connectivity index (χ2n) is 5.20. The zero-order chi connectivity index (χ0) is 14.9. The first-order valence-corrected chi connectivity index (χ1v) is 6.51. The van der Waals surface area contributed by atoms with Crippen LogP contribution in [0.25, 0.3) is 0 Å². The normalized spacial score (nSPS) is 17.3. The zero-order valence-electron chi connectivity index (χ0n) is 11.2. The molecule has 1 aliphatic rings. The van der Waals surface area contributed by atoms with Gasteiger partial charge in [-0.05, 0) is 31.9 Å². The summed E-state index contributed by atoms with van der Waals surface area (Å²) in [6.45, 7) is 2.08. The molecule has 1 fully saturated rings. The summed E-state index contributed by atoms with van der Waals surface area (Å²) >= 11 is 0. The highest BCUT2D eigenvalue weighted by Crippen LogP contribution is 2.34. The summed E-state index contributed by atoms with van der Waals surface area (Å²) in [4.78, 5) is 13.7. The lowest BCUT2D eigenvalue weighted by molar-refractivity contribution is -0.183. The molecule has 0 spiro atoms. The predicted octanol–water partition coefficient (Wildman–Crippen LogP) is 2.99. The average Bonchev–Trinajstić information content (AvgIpc) is 2.40. The third kappa shape index (κ3) is 3.05. The SMILES string of the molecule is Cc1ccc(N)c(C(=O)N2CCC(C(F)(F)F)CC2)c1. The Hall–Kier alpha value is -1.72. The Morgan fingerprint density at radius 1 is 1.30 bits per heavy atom. The maximum Gasteiger partial charge on any atom is 0.391 e.